The van der Waals surface area contributed by atoms with E-state index in [0.717, 1.165) is 46.9 Å². The van der Waals surface area contributed by atoms with Gasteiger partial charge in [-0.05, 0) is 49.3 Å². The van der Waals surface area contributed by atoms with Crippen LogP contribution in [-0.4, -0.2) is 21.5 Å². The molecule has 0 saturated heterocycles. The zero-order valence-electron chi connectivity index (χ0n) is 16.4. The number of aryl methyl sites for hydroxylation is 1. The second-order valence-electron chi connectivity index (χ2n) is 7.67. The van der Waals surface area contributed by atoms with Crippen LogP contribution in [0.15, 0.2) is 30.7 Å². The Morgan fingerprint density at radius 3 is 2.86 bits per heavy atom. The molecule has 29 heavy (non-hydrogen) atoms. The molecule has 1 unspecified atom stereocenters. The number of benzene rings is 1. The van der Waals surface area contributed by atoms with Crippen LogP contribution in [0.2, 0.25) is 5.02 Å². The van der Waals surface area contributed by atoms with Gasteiger partial charge >= 0.3 is 0 Å². The van der Waals surface area contributed by atoms with E-state index in [4.69, 9.17) is 23.9 Å². The van der Waals surface area contributed by atoms with Crippen LogP contribution in [0.4, 0.5) is 11.4 Å². The third-order valence-electron chi connectivity index (χ3n) is 5.67. The van der Waals surface area contributed by atoms with E-state index in [1.165, 1.54) is 6.20 Å². The SMILES string of the molecule is [C-]#[N+]c1cc2c(-c3cncc(N)c3Cl)cn(C3CC[C@@H](NC(C)=O)C3)c2cc1C. The Balaban J connectivity index is 1.88. The van der Waals surface area contributed by atoms with Gasteiger partial charge < -0.3 is 15.6 Å². The number of amides is 1. The van der Waals surface area contributed by atoms with E-state index in [0.29, 0.717) is 16.4 Å². The summed E-state index contributed by atoms with van der Waals surface area (Å²) in [6.45, 7) is 11.0. The molecule has 2 heterocycles. The van der Waals surface area contributed by atoms with Gasteiger partial charge in [0.05, 0.1) is 23.5 Å². The Morgan fingerprint density at radius 2 is 2.14 bits per heavy atom. The van der Waals surface area contributed by atoms with Crippen molar-refractivity contribution < 1.29 is 4.79 Å². The van der Waals surface area contributed by atoms with Crippen LogP contribution < -0.4 is 11.1 Å². The maximum atomic E-state index is 11.4. The molecule has 0 radical (unpaired) electrons. The van der Waals surface area contributed by atoms with E-state index in [-0.39, 0.29) is 18.0 Å². The standard InChI is InChI=1S/C22H22ClN5O/c1-12-6-21-16(8-20(12)25-3)18(17-9-26-10-19(24)22(17)23)11-28(21)15-5-4-14(7-15)27-13(2)29/h6,8-11,14-15H,4-5,7,24H2,1-2H3,(H,27,29)/t14-,15?/m1/s1. The Hall–Kier alpha value is -3.04. The van der Waals surface area contributed by atoms with Crippen LogP contribution in [0.25, 0.3) is 26.9 Å². The zero-order valence-corrected chi connectivity index (χ0v) is 17.1. The fourth-order valence-corrected chi connectivity index (χ4v) is 4.50. The minimum Gasteiger partial charge on any atom is -0.396 e. The lowest BCUT2D eigenvalue weighted by molar-refractivity contribution is -0.119. The number of rotatable bonds is 3. The number of anilines is 1. The highest BCUT2D eigenvalue weighted by Crippen LogP contribution is 2.42. The molecule has 1 fully saturated rings. The Kier molecular flexibility index (Phi) is 4.93. The third-order valence-corrected chi connectivity index (χ3v) is 6.10. The molecular formula is C22H22ClN5O. The molecule has 6 nitrogen and oxygen atoms in total. The van der Waals surface area contributed by atoms with Gasteiger partial charge in [0.1, 0.15) is 0 Å². The molecule has 1 saturated carbocycles. The summed E-state index contributed by atoms with van der Waals surface area (Å²) in [7, 11) is 0. The molecule has 1 aliphatic rings. The van der Waals surface area contributed by atoms with Crippen molar-refractivity contribution in [3.05, 3.63) is 52.7 Å². The quantitative estimate of drug-likeness (QED) is 0.598. The molecule has 2 atom stereocenters. The smallest absolute Gasteiger partial charge is 0.217 e. The number of nitrogen functional groups attached to an aromatic ring is 1. The molecule has 1 aromatic carbocycles. The largest absolute Gasteiger partial charge is 0.396 e. The van der Waals surface area contributed by atoms with E-state index in [1.54, 1.807) is 13.1 Å². The van der Waals surface area contributed by atoms with E-state index in [1.807, 2.05) is 13.0 Å². The van der Waals surface area contributed by atoms with Crippen LogP contribution in [-0.2, 0) is 4.79 Å². The van der Waals surface area contributed by atoms with Gasteiger partial charge in [-0.1, -0.05) is 11.6 Å². The number of halogens is 1. The number of aromatic nitrogens is 2. The lowest BCUT2D eigenvalue weighted by Gasteiger charge is -2.16. The van der Waals surface area contributed by atoms with Gasteiger partial charge in [-0.25, -0.2) is 4.85 Å². The number of nitrogens with two attached hydrogens (primary N) is 1. The molecule has 3 N–H and O–H groups in total. The summed E-state index contributed by atoms with van der Waals surface area (Å²) in [6.07, 6.45) is 8.12. The first-order chi connectivity index (χ1) is 13.9. The second kappa shape index (κ2) is 7.41. The summed E-state index contributed by atoms with van der Waals surface area (Å²) >= 11 is 6.50. The molecule has 2 aromatic heterocycles. The highest BCUT2D eigenvalue weighted by Gasteiger charge is 2.28. The van der Waals surface area contributed by atoms with Crippen molar-refractivity contribution >= 4 is 39.8 Å². The van der Waals surface area contributed by atoms with Gasteiger partial charge in [0.25, 0.3) is 0 Å². The molecule has 148 valence electrons. The van der Waals surface area contributed by atoms with Crippen molar-refractivity contribution in [2.45, 2.75) is 45.2 Å². The van der Waals surface area contributed by atoms with Crippen molar-refractivity contribution in [2.24, 2.45) is 0 Å². The monoisotopic (exact) mass is 407 g/mol. The van der Waals surface area contributed by atoms with Crippen molar-refractivity contribution in [2.75, 3.05) is 5.73 Å². The topological polar surface area (TPSA) is 77.3 Å². The number of hydrogen-bond donors (Lipinski definition) is 2. The first-order valence-corrected chi connectivity index (χ1v) is 9.96. The number of fused-ring (bicyclic) bond motifs is 1. The number of nitrogens with zero attached hydrogens (tertiary/aromatic N) is 3. The summed E-state index contributed by atoms with van der Waals surface area (Å²) in [5.74, 6) is 0.00358. The Labute approximate surface area is 174 Å². The number of nitrogens with one attached hydrogen (secondary N) is 1. The molecular weight excluding hydrogens is 386 g/mol. The number of hydrogen-bond acceptors (Lipinski definition) is 3. The van der Waals surface area contributed by atoms with E-state index in [9.17, 15) is 4.79 Å². The van der Waals surface area contributed by atoms with Crippen LogP contribution in [0.1, 0.15) is 37.8 Å². The maximum absolute atomic E-state index is 11.4. The molecule has 1 aliphatic carbocycles. The van der Waals surface area contributed by atoms with Gasteiger partial charge in [-0.15, -0.1) is 0 Å². The fraction of sp³-hybridized carbons (Fsp3) is 0.318. The van der Waals surface area contributed by atoms with Crippen molar-refractivity contribution in [3.63, 3.8) is 0 Å². The van der Waals surface area contributed by atoms with Gasteiger partial charge in [0.2, 0.25) is 5.91 Å². The Morgan fingerprint density at radius 1 is 1.34 bits per heavy atom. The lowest BCUT2D eigenvalue weighted by atomic mass is 10.0. The predicted molar refractivity (Wildman–Crippen MR) is 116 cm³/mol. The first-order valence-electron chi connectivity index (χ1n) is 9.58. The van der Waals surface area contributed by atoms with Gasteiger partial charge in [0, 0.05) is 48.0 Å². The molecule has 4 rings (SSSR count). The van der Waals surface area contributed by atoms with E-state index >= 15 is 0 Å². The van der Waals surface area contributed by atoms with Crippen LogP contribution in [0.5, 0.6) is 0 Å². The highest BCUT2D eigenvalue weighted by atomic mass is 35.5. The average molecular weight is 408 g/mol. The van der Waals surface area contributed by atoms with Gasteiger partial charge in [-0.2, -0.15) is 0 Å². The normalized spacial score (nSPS) is 18.7. The predicted octanol–water partition coefficient (Wildman–Crippen LogP) is 5.03. The van der Waals surface area contributed by atoms with E-state index in [2.05, 4.69) is 32.0 Å². The Bertz CT molecular complexity index is 1160. The number of carbonyl (C=O) groups is 1. The van der Waals surface area contributed by atoms with Crippen molar-refractivity contribution in [1.29, 1.82) is 0 Å². The summed E-state index contributed by atoms with van der Waals surface area (Å²) in [6, 6.07) is 4.42. The number of carbonyl (C=O) groups excluding carboxylic acids is 1. The molecule has 7 heteroatoms. The molecule has 0 spiro atoms. The average Bonchev–Trinajstić information content (AvgIpc) is 3.27. The molecule has 0 aliphatic heterocycles. The molecule has 3 aromatic rings. The van der Waals surface area contributed by atoms with Crippen molar-refractivity contribution in [1.82, 2.24) is 14.9 Å². The van der Waals surface area contributed by atoms with Crippen LogP contribution >= 0.6 is 11.6 Å². The maximum Gasteiger partial charge on any atom is 0.217 e. The second-order valence-corrected chi connectivity index (χ2v) is 8.05. The summed E-state index contributed by atoms with van der Waals surface area (Å²) < 4.78 is 2.26. The van der Waals surface area contributed by atoms with Crippen LogP contribution in [0.3, 0.4) is 0 Å². The fourth-order valence-electron chi connectivity index (χ4n) is 4.30. The first kappa shape index (κ1) is 19.3. The summed E-state index contributed by atoms with van der Waals surface area (Å²) in [5.41, 5.74) is 10.7. The lowest BCUT2D eigenvalue weighted by Crippen LogP contribution is -2.30. The third kappa shape index (κ3) is 3.43. The summed E-state index contributed by atoms with van der Waals surface area (Å²) in [5, 5.41) is 4.46. The minimum absolute atomic E-state index is 0.00358. The molecule has 0 bridgehead atoms. The van der Waals surface area contributed by atoms with Crippen molar-refractivity contribution in [3.8, 4) is 11.1 Å². The van der Waals surface area contributed by atoms with E-state index < -0.39 is 0 Å². The van der Waals surface area contributed by atoms with Gasteiger partial charge in [-0.3, -0.25) is 9.78 Å². The number of pyridine rings is 1. The minimum atomic E-state index is 0.00358. The summed E-state index contributed by atoms with van der Waals surface area (Å²) in [4.78, 5) is 19.3. The molecule has 1 amide bonds. The van der Waals surface area contributed by atoms with Crippen LogP contribution in [0, 0.1) is 13.5 Å². The van der Waals surface area contributed by atoms with Gasteiger partial charge in [0.15, 0.2) is 5.69 Å². The highest BCUT2D eigenvalue weighted by molar-refractivity contribution is 6.36. The zero-order chi connectivity index (χ0) is 20.7.